The molecule has 2 N–H and O–H groups in total. The lowest BCUT2D eigenvalue weighted by atomic mass is 10.1. The molecule has 0 aliphatic carbocycles. The summed E-state index contributed by atoms with van der Waals surface area (Å²) in [6.07, 6.45) is 0. The van der Waals surface area contributed by atoms with E-state index in [1.54, 1.807) is 7.11 Å². The standard InChI is InChI=1S/C12H18F2N2O/c1-16(5-6-17-2)8-12(15)10-7-9(13)3-4-11(10)14/h3-4,7,12H,5-6,8,15H2,1-2H3. The van der Waals surface area contributed by atoms with E-state index >= 15 is 0 Å². The number of hydrogen-bond donors (Lipinski definition) is 1. The number of ether oxygens (including phenoxy) is 1. The van der Waals surface area contributed by atoms with Crippen LogP contribution >= 0.6 is 0 Å². The van der Waals surface area contributed by atoms with Gasteiger partial charge in [0.05, 0.1) is 6.61 Å². The first-order valence-corrected chi connectivity index (χ1v) is 5.42. The zero-order valence-electron chi connectivity index (χ0n) is 10.1. The summed E-state index contributed by atoms with van der Waals surface area (Å²) >= 11 is 0. The molecule has 0 aliphatic heterocycles. The smallest absolute Gasteiger partial charge is 0.128 e. The van der Waals surface area contributed by atoms with Crippen LogP contribution in [0.2, 0.25) is 0 Å². The van der Waals surface area contributed by atoms with Crippen molar-refractivity contribution >= 4 is 0 Å². The zero-order valence-corrected chi connectivity index (χ0v) is 10.1. The molecule has 0 saturated heterocycles. The van der Waals surface area contributed by atoms with Crippen molar-refractivity contribution in [1.29, 1.82) is 0 Å². The Bertz CT molecular complexity index is 360. The summed E-state index contributed by atoms with van der Waals surface area (Å²) < 4.78 is 31.4. The topological polar surface area (TPSA) is 38.5 Å². The summed E-state index contributed by atoms with van der Waals surface area (Å²) in [7, 11) is 3.47. The molecule has 0 fully saturated rings. The summed E-state index contributed by atoms with van der Waals surface area (Å²) in [4.78, 5) is 1.92. The summed E-state index contributed by atoms with van der Waals surface area (Å²) in [5.74, 6) is -0.949. The monoisotopic (exact) mass is 244 g/mol. The molecule has 0 aromatic heterocycles. The van der Waals surface area contributed by atoms with Crippen molar-refractivity contribution in [3.05, 3.63) is 35.4 Å². The first kappa shape index (κ1) is 14.0. The van der Waals surface area contributed by atoms with Crippen LogP contribution in [0.3, 0.4) is 0 Å². The summed E-state index contributed by atoms with van der Waals surface area (Å²) in [5, 5.41) is 0. The van der Waals surface area contributed by atoms with Gasteiger partial charge in [0.15, 0.2) is 0 Å². The normalized spacial score (nSPS) is 13.1. The van der Waals surface area contributed by atoms with Crippen molar-refractivity contribution in [2.45, 2.75) is 6.04 Å². The zero-order chi connectivity index (χ0) is 12.8. The van der Waals surface area contributed by atoms with E-state index in [1.165, 1.54) is 0 Å². The third-order valence-electron chi connectivity index (χ3n) is 2.54. The second-order valence-corrected chi connectivity index (χ2v) is 4.03. The minimum Gasteiger partial charge on any atom is -0.383 e. The first-order valence-electron chi connectivity index (χ1n) is 5.42. The Hall–Kier alpha value is -1.04. The van der Waals surface area contributed by atoms with E-state index in [9.17, 15) is 8.78 Å². The Morgan fingerprint density at radius 2 is 2.12 bits per heavy atom. The number of halogens is 2. The van der Waals surface area contributed by atoms with Crippen LogP contribution in [0.25, 0.3) is 0 Å². The molecule has 1 aromatic rings. The number of nitrogens with two attached hydrogens (primary N) is 1. The van der Waals surface area contributed by atoms with Gasteiger partial charge in [0, 0.05) is 31.8 Å². The fourth-order valence-electron chi connectivity index (χ4n) is 1.57. The summed E-state index contributed by atoms with van der Waals surface area (Å²) in [6, 6.07) is 2.77. The summed E-state index contributed by atoms with van der Waals surface area (Å²) in [6.45, 7) is 1.72. The lowest BCUT2D eigenvalue weighted by molar-refractivity contribution is 0.158. The maximum Gasteiger partial charge on any atom is 0.128 e. The number of likely N-dealkylation sites (N-methyl/N-ethyl adjacent to an activating group) is 1. The van der Waals surface area contributed by atoms with E-state index in [-0.39, 0.29) is 5.56 Å². The van der Waals surface area contributed by atoms with Crippen molar-refractivity contribution in [3.8, 4) is 0 Å². The molecule has 1 rings (SSSR count). The van der Waals surface area contributed by atoms with Crippen molar-refractivity contribution in [2.24, 2.45) is 5.73 Å². The maximum atomic E-state index is 13.4. The van der Waals surface area contributed by atoms with Gasteiger partial charge >= 0.3 is 0 Å². The number of benzene rings is 1. The molecule has 0 heterocycles. The van der Waals surface area contributed by atoms with Crippen LogP contribution in [0.1, 0.15) is 11.6 Å². The second-order valence-electron chi connectivity index (χ2n) is 4.03. The van der Waals surface area contributed by atoms with E-state index in [0.29, 0.717) is 19.7 Å². The Balaban J connectivity index is 2.62. The molecule has 1 aromatic carbocycles. The molecule has 0 spiro atoms. The van der Waals surface area contributed by atoms with E-state index in [4.69, 9.17) is 10.5 Å². The Labute approximate surface area is 100 Å². The fraction of sp³-hybridized carbons (Fsp3) is 0.500. The quantitative estimate of drug-likeness (QED) is 0.825. The molecule has 5 heteroatoms. The minimum absolute atomic E-state index is 0.203. The molecule has 17 heavy (non-hydrogen) atoms. The van der Waals surface area contributed by atoms with Gasteiger partial charge in [0.2, 0.25) is 0 Å². The van der Waals surface area contributed by atoms with Crippen LogP contribution < -0.4 is 5.73 Å². The molecule has 0 bridgehead atoms. The predicted molar refractivity (Wildman–Crippen MR) is 62.7 cm³/mol. The Kier molecular flexibility index (Phi) is 5.47. The van der Waals surface area contributed by atoms with Crippen LogP contribution in [0.15, 0.2) is 18.2 Å². The lowest BCUT2D eigenvalue weighted by Gasteiger charge is -2.21. The van der Waals surface area contributed by atoms with Gasteiger partial charge in [-0.15, -0.1) is 0 Å². The number of methoxy groups -OCH3 is 1. The molecule has 0 amide bonds. The molecule has 1 atom stereocenters. The highest BCUT2D eigenvalue weighted by Crippen LogP contribution is 2.17. The molecule has 0 aliphatic rings. The van der Waals surface area contributed by atoms with Gasteiger partial charge in [-0.3, -0.25) is 0 Å². The molecular weight excluding hydrogens is 226 g/mol. The third-order valence-corrected chi connectivity index (χ3v) is 2.54. The highest BCUT2D eigenvalue weighted by Gasteiger charge is 2.14. The largest absolute Gasteiger partial charge is 0.383 e. The number of rotatable bonds is 6. The van der Waals surface area contributed by atoms with Gasteiger partial charge in [0.1, 0.15) is 11.6 Å². The number of nitrogens with zero attached hydrogens (tertiary/aromatic N) is 1. The van der Waals surface area contributed by atoms with E-state index in [1.807, 2.05) is 11.9 Å². The fourth-order valence-corrected chi connectivity index (χ4v) is 1.57. The SMILES string of the molecule is COCCN(C)CC(N)c1cc(F)ccc1F. The van der Waals surface area contributed by atoms with Crippen molar-refractivity contribution in [1.82, 2.24) is 4.90 Å². The van der Waals surface area contributed by atoms with Crippen LogP contribution in [0.4, 0.5) is 8.78 Å². The van der Waals surface area contributed by atoms with Crippen LogP contribution in [0, 0.1) is 11.6 Å². The van der Waals surface area contributed by atoms with Gasteiger partial charge in [-0.05, 0) is 25.2 Å². The van der Waals surface area contributed by atoms with Gasteiger partial charge in [-0.1, -0.05) is 0 Å². The number of hydrogen-bond acceptors (Lipinski definition) is 3. The van der Waals surface area contributed by atoms with Crippen LogP contribution in [-0.4, -0.2) is 38.8 Å². The van der Waals surface area contributed by atoms with Crippen molar-refractivity contribution < 1.29 is 13.5 Å². The lowest BCUT2D eigenvalue weighted by Crippen LogP contribution is -2.32. The van der Waals surface area contributed by atoms with Gasteiger partial charge in [0.25, 0.3) is 0 Å². The minimum atomic E-state index is -0.549. The second kappa shape index (κ2) is 6.64. The third kappa shape index (κ3) is 4.38. The highest BCUT2D eigenvalue weighted by molar-refractivity contribution is 5.22. The molecule has 0 saturated carbocycles. The average Bonchev–Trinajstić information content (AvgIpc) is 2.29. The van der Waals surface area contributed by atoms with E-state index in [2.05, 4.69) is 0 Å². The van der Waals surface area contributed by atoms with E-state index in [0.717, 1.165) is 18.2 Å². The predicted octanol–water partition coefficient (Wildman–Crippen LogP) is 1.54. The van der Waals surface area contributed by atoms with Gasteiger partial charge in [-0.25, -0.2) is 8.78 Å². The Morgan fingerprint density at radius 1 is 1.41 bits per heavy atom. The maximum absolute atomic E-state index is 13.4. The van der Waals surface area contributed by atoms with Crippen LogP contribution in [-0.2, 0) is 4.74 Å². The van der Waals surface area contributed by atoms with Gasteiger partial charge in [-0.2, -0.15) is 0 Å². The molecule has 3 nitrogen and oxygen atoms in total. The molecular formula is C12H18F2N2O. The van der Waals surface area contributed by atoms with Crippen molar-refractivity contribution in [3.63, 3.8) is 0 Å². The highest BCUT2D eigenvalue weighted by atomic mass is 19.1. The first-order chi connectivity index (χ1) is 8.04. The molecule has 96 valence electrons. The van der Waals surface area contributed by atoms with Crippen LogP contribution in [0.5, 0.6) is 0 Å². The van der Waals surface area contributed by atoms with Crippen molar-refractivity contribution in [2.75, 3.05) is 33.9 Å². The Morgan fingerprint density at radius 3 is 2.76 bits per heavy atom. The van der Waals surface area contributed by atoms with E-state index < -0.39 is 17.7 Å². The molecule has 0 radical (unpaired) electrons. The summed E-state index contributed by atoms with van der Waals surface area (Å²) in [5.41, 5.74) is 6.05. The average molecular weight is 244 g/mol. The van der Waals surface area contributed by atoms with Gasteiger partial charge < -0.3 is 15.4 Å². The molecule has 1 unspecified atom stereocenters.